The van der Waals surface area contributed by atoms with Crippen LogP contribution in [0.15, 0.2) is 12.3 Å². The van der Waals surface area contributed by atoms with Crippen molar-refractivity contribution in [2.24, 2.45) is 11.8 Å². The van der Waals surface area contributed by atoms with Crippen molar-refractivity contribution < 1.29 is 4.79 Å². The third-order valence-electron chi connectivity index (χ3n) is 3.57. The highest BCUT2D eigenvalue weighted by Crippen LogP contribution is 2.40. The van der Waals surface area contributed by atoms with Gasteiger partial charge in [-0.25, -0.2) is 4.68 Å². The molecule has 2 atom stereocenters. The Bertz CT molecular complexity index is 417. The highest BCUT2D eigenvalue weighted by molar-refractivity contribution is 5.91. The van der Waals surface area contributed by atoms with Gasteiger partial charge in [0.05, 0.1) is 12.2 Å². The molecule has 2 rings (SSSR count). The fourth-order valence-corrected chi connectivity index (χ4v) is 2.16. The van der Waals surface area contributed by atoms with Crippen molar-refractivity contribution in [3.63, 3.8) is 0 Å². The molecule has 19 heavy (non-hydrogen) atoms. The minimum Gasteiger partial charge on any atom is -0.319 e. The molecule has 108 valence electrons. The Labute approximate surface area is 120 Å². The van der Waals surface area contributed by atoms with Crippen molar-refractivity contribution in [1.82, 2.24) is 15.1 Å². The Hall–Kier alpha value is -1.07. The van der Waals surface area contributed by atoms with Crippen LogP contribution in [0.4, 0.5) is 5.82 Å². The molecular weight excluding hydrogens is 264 g/mol. The van der Waals surface area contributed by atoms with Gasteiger partial charge in [0.1, 0.15) is 5.82 Å². The third kappa shape index (κ3) is 3.94. The molecule has 5 nitrogen and oxygen atoms in total. The van der Waals surface area contributed by atoms with E-state index in [9.17, 15) is 4.79 Å². The topological polar surface area (TPSA) is 59.0 Å². The summed E-state index contributed by atoms with van der Waals surface area (Å²) in [6.45, 7) is 4.76. The summed E-state index contributed by atoms with van der Waals surface area (Å²) in [6, 6.07) is 2.23. The Balaban J connectivity index is 0.00000180. The Morgan fingerprint density at radius 3 is 2.79 bits per heavy atom. The zero-order valence-corrected chi connectivity index (χ0v) is 12.5. The van der Waals surface area contributed by atoms with E-state index in [0.717, 1.165) is 11.7 Å². The first-order chi connectivity index (χ1) is 8.63. The number of carbonyl (C=O) groups excluding carboxylic acids is 1. The van der Waals surface area contributed by atoms with E-state index in [0.29, 0.717) is 12.6 Å². The SMILES string of the molecule is CNCC(C)C(=O)Nc1ccnn1C(C)C1CC1.Cl. The molecule has 1 aliphatic carbocycles. The molecule has 1 amide bonds. The maximum Gasteiger partial charge on any atom is 0.229 e. The number of amides is 1. The molecule has 0 aliphatic heterocycles. The predicted molar refractivity (Wildman–Crippen MR) is 78.6 cm³/mol. The van der Waals surface area contributed by atoms with Crippen molar-refractivity contribution in [2.75, 3.05) is 18.9 Å². The molecule has 1 fully saturated rings. The quantitative estimate of drug-likeness (QED) is 0.842. The second kappa shape index (κ2) is 6.91. The second-order valence-corrected chi connectivity index (χ2v) is 5.19. The normalized spacial score (nSPS) is 17.4. The van der Waals surface area contributed by atoms with E-state index >= 15 is 0 Å². The molecule has 0 saturated heterocycles. The summed E-state index contributed by atoms with van der Waals surface area (Å²) in [6.07, 6.45) is 4.28. The monoisotopic (exact) mass is 286 g/mol. The van der Waals surface area contributed by atoms with Gasteiger partial charge in [-0.05, 0) is 32.7 Å². The van der Waals surface area contributed by atoms with Crippen molar-refractivity contribution in [1.29, 1.82) is 0 Å². The van der Waals surface area contributed by atoms with Gasteiger partial charge in [-0.1, -0.05) is 6.92 Å². The van der Waals surface area contributed by atoms with Crippen molar-refractivity contribution in [3.05, 3.63) is 12.3 Å². The Morgan fingerprint density at radius 1 is 1.53 bits per heavy atom. The third-order valence-corrected chi connectivity index (χ3v) is 3.57. The number of carbonyl (C=O) groups is 1. The summed E-state index contributed by atoms with van der Waals surface area (Å²) < 4.78 is 1.93. The van der Waals surface area contributed by atoms with Crippen LogP contribution in [-0.4, -0.2) is 29.3 Å². The molecule has 1 saturated carbocycles. The van der Waals surface area contributed by atoms with Crippen LogP contribution in [0.25, 0.3) is 0 Å². The van der Waals surface area contributed by atoms with E-state index in [2.05, 4.69) is 22.7 Å². The lowest BCUT2D eigenvalue weighted by molar-refractivity contribution is -0.119. The highest BCUT2D eigenvalue weighted by Gasteiger charge is 2.30. The first kappa shape index (κ1) is 16.0. The lowest BCUT2D eigenvalue weighted by Gasteiger charge is -2.17. The summed E-state index contributed by atoms with van der Waals surface area (Å²) in [5.74, 6) is 1.52. The number of anilines is 1. The first-order valence-corrected chi connectivity index (χ1v) is 6.62. The fourth-order valence-electron chi connectivity index (χ4n) is 2.16. The fraction of sp³-hybridized carbons (Fsp3) is 0.692. The van der Waals surface area contributed by atoms with Gasteiger partial charge < -0.3 is 10.6 Å². The van der Waals surface area contributed by atoms with E-state index in [1.807, 2.05) is 24.7 Å². The Kier molecular flexibility index (Phi) is 5.82. The lowest BCUT2D eigenvalue weighted by Crippen LogP contribution is -2.29. The van der Waals surface area contributed by atoms with Gasteiger partial charge in [-0.2, -0.15) is 5.10 Å². The van der Waals surface area contributed by atoms with Gasteiger partial charge in [-0.3, -0.25) is 4.79 Å². The van der Waals surface area contributed by atoms with E-state index in [4.69, 9.17) is 0 Å². The number of halogens is 1. The summed E-state index contributed by atoms with van der Waals surface area (Å²) >= 11 is 0. The molecule has 1 aromatic rings. The molecule has 0 spiro atoms. The van der Waals surface area contributed by atoms with Gasteiger partial charge in [0.25, 0.3) is 0 Å². The number of nitrogens with one attached hydrogen (secondary N) is 2. The van der Waals surface area contributed by atoms with Gasteiger partial charge in [0.15, 0.2) is 0 Å². The molecule has 6 heteroatoms. The van der Waals surface area contributed by atoms with Gasteiger partial charge in [0, 0.05) is 18.5 Å². The molecule has 2 unspecified atom stereocenters. The largest absolute Gasteiger partial charge is 0.319 e. The zero-order valence-electron chi connectivity index (χ0n) is 11.7. The average molecular weight is 287 g/mol. The van der Waals surface area contributed by atoms with Crippen molar-refractivity contribution >= 4 is 24.1 Å². The molecule has 1 aliphatic rings. The molecule has 1 heterocycles. The van der Waals surface area contributed by atoms with Crippen LogP contribution in [0.2, 0.25) is 0 Å². The van der Waals surface area contributed by atoms with Crippen LogP contribution in [0.1, 0.15) is 32.7 Å². The van der Waals surface area contributed by atoms with Crippen molar-refractivity contribution in [3.8, 4) is 0 Å². The van der Waals surface area contributed by atoms with Crippen molar-refractivity contribution in [2.45, 2.75) is 32.7 Å². The standard InChI is InChI=1S/C13H22N4O.ClH/c1-9(8-14-3)13(18)16-12-6-7-15-17(12)10(2)11-4-5-11;/h6-7,9-11,14H,4-5,8H2,1-3H3,(H,16,18);1H. The number of rotatable bonds is 6. The summed E-state index contributed by atoms with van der Waals surface area (Å²) in [4.78, 5) is 12.0. The minimum absolute atomic E-state index is 0. The van der Waals surface area contributed by atoms with Crippen LogP contribution < -0.4 is 10.6 Å². The average Bonchev–Trinajstić information content (AvgIpc) is 3.09. The summed E-state index contributed by atoms with van der Waals surface area (Å²) in [5, 5.41) is 10.3. The number of hydrogen-bond acceptors (Lipinski definition) is 3. The van der Waals surface area contributed by atoms with Crippen LogP contribution in [-0.2, 0) is 4.79 Å². The van der Waals surface area contributed by atoms with Crippen LogP contribution in [0.3, 0.4) is 0 Å². The number of nitrogens with zero attached hydrogens (tertiary/aromatic N) is 2. The molecule has 0 bridgehead atoms. The summed E-state index contributed by atoms with van der Waals surface area (Å²) in [7, 11) is 1.85. The van der Waals surface area contributed by atoms with E-state index in [1.54, 1.807) is 6.20 Å². The van der Waals surface area contributed by atoms with E-state index in [1.165, 1.54) is 12.8 Å². The first-order valence-electron chi connectivity index (χ1n) is 6.62. The van der Waals surface area contributed by atoms with Crippen LogP contribution >= 0.6 is 12.4 Å². The van der Waals surface area contributed by atoms with Crippen LogP contribution in [0, 0.1) is 11.8 Å². The van der Waals surface area contributed by atoms with Crippen LogP contribution in [0.5, 0.6) is 0 Å². The maximum absolute atomic E-state index is 12.0. The van der Waals surface area contributed by atoms with E-state index in [-0.39, 0.29) is 24.2 Å². The molecule has 2 N–H and O–H groups in total. The van der Waals surface area contributed by atoms with Gasteiger partial charge in [-0.15, -0.1) is 12.4 Å². The van der Waals surface area contributed by atoms with Gasteiger partial charge >= 0.3 is 0 Å². The molecule has 0 aromatic carbocycles. The number of hydrogen-bond donors (Lipinski definition) is 2. The molecule has 1 aromatic heterocycles. The maximum atomic E-state index is 12.0. The number of aromatic nitrogens is 2. The lowest BCUT2D eigenvalue weighted by atomic mass is 10.1. The minimum atomic E-state index is -0.0467. The molecular formula is C13H23ClN4O. The Morgan fingerprint density at radius 2 is 2.21 bits per heavy atom. The predicted octanol–water partition coefficient (Wildman–Crippen LogP) is 2.07. The zero-order chi connectivity index (χ0) is 13.1. The van der Waals surface area contributed by atoms with Gasteiger partial charge in [0.2, 0.25) is 5.91 Å². The second-order valence-electron chi connectivity index (χ2n) is 5.19. The van der Waals surface area contributed by atoms with E-state index < -0.39 is 0 Å². The summed E-state index contributed by atoms with van der Waals surface area (Å²) in [5.41, 5.74) is 0. The smallest absolute Gasteiger partial charge is 0.229 e. The molecule has 0 radical (unpaired) electrons. The highest BCUT2D eigenvalue weighted by atomic mass is 35.5.